The van der Waals surface area contributed by atoms with Gasteiger partial charge in [0.25, 0.3) is 5.91 Å². The highest BCUT2D eigenvalue weighted by Gasteiger charge is 2.15. The molecule has 0 bridgehead atoms. The van der Waals surface area contributed by atoms with Crippen LogP contribution in [0.1, 0.15) is 24.2 Å². The molecule has 0 fully saturated rings. The van der Waals surface area contributed by atoms with Gasteiger partial charge in [-0.15, -0.1) is 0 Å². The predicted octanol–water partition coefficient (Wildman–Crippen LogP) is 5.32. The van der Waals surface area contributed by atoms with Crippen LogP contribution in [0.5, 0.6) is 0 Å². The summed E-state index contributed by atoms with van der Waals surface area (Å²) in [6.07, 6.45) is 0. The number of hydrogen-bond acceptors (Lipinski definition) is 4. The number of carbonyl (C=O) groups excluding carboxylic acids is 1. The Labute approximate surface area is 167 Å². The Kier molecular flexibility index (Phi) is 5.73. The number of rotatable bonds is 5. The summed E-state index contributed by atoms with van der Waals surface area (Å²) in [5.74, 6) is -0.484. The number of benzene rings is 2. The molecule has 0 aliphatic rings. The van der Waals surface area contributed by atoms with Crippen LogP contribution >= 0.6 is 23.2 Å². The van der Waals surface area contributed by atoms with Crippen LogP contribution in [-0.2, 0) is 0 Å². The van der Waals surface area contributed by atoms with E-state index in [1.54, 1.807) is 24.3 Å². The first-order chi connectivity index (χ1) is 12.9. The lowest BCUT2D eigenvalue weighted by atomic mass is 10.1. The first-order valence-corrected chi connectivity index (χ1v) is 9.33. The third-order valence-electron chi connectivity index (χ3n) is 4.33. The lowest BCUT2D eigenvalue weighted by Gasteiger charge is -2.21. The zero-order chi connectivity index (χ0) is 19.6. The first kappa shape index (κ1) is 19.3. The predicted molar refractivity (Wildman–Crippen MR) is 110 cm³/mol. The van der Waals surface area contributed by atoms with Crippen molar-refractivity contribution >= 4 is 51.5 Å². The smallest absolute Gasteiger partial charge is 0.261 e. The molecule has 2 aromatic carbocycles. The summed E-state index contributed by atoms with van der Waals surface area (Å²) in [4.78, 5) is 14.8. The second-order valence-corrected chi connectivity index (χ2v) is 6.72. The van der Waals surface area contributed by atoms with E-state index in [9.17, 15) is 4.79 Å². The highest BCUT2D eigenvalue weighted by molar-refractivity contribution is 6.44. The number of anilines is 2. The summed E-state index contributed by atoms with van der Waals surface area (Å²) in [6, 6.07) is 12.3. The van der Waals surface area contributed by atoms with Crippen LogP contribution in [0.4, 0.5) is 11.4 Å². The maximum absolute atomic E-state index is 12.6. The van der Waals surface area contributed by atoms with E-state index in [-0.39, 0.29) is 16.1 Å². The molecule has 0 atom stereocenters. The maximum atomic E-state index is 12.6. The summed E-state index contributed by atoms with van der Waals surface area (Å²) in [5, 5.41) is 12.1. The summed E-state index contributed by atoms with van der Waals surface area (Å²) < 4.78 is 5.61. The van der Waals surface area contributed by atoms with E-state index in [1.807, 2.05) is 18.2 Å². The second kappa shape index (κ2) is 8.03. The SMILES string of the molecule is CCN(CC)c1ccc2cc(C(=O)Nc3cccc(Cl)c3Cl)c(=N)oc2c1. The van der Waals surface area contributed by atoms with Crippen molar-refractivity contribution in [1.82, 2.24) is 0 Å². The Morgan fingerprint density at radius 1 is 1.15 bits per heavy atom. The van der Waals surface area contributed by atoms with Gasteiger partial charge in [-0.25, -0.2) is 0 Å². The van der Waals surface area contributed by atoms with Gasteiger partial charge in [0.05, 0.1) is 15.7 Å². The Hall–Kier alpha value is -2.50. The van der Waals surface area contributed by atoms with Crippen molar-refractivity contribution in [1.29, 1.82) is 5.41 Å². The molecule has 0 unspecified atom stereocenters. The van der Waals surface area contributed by atoms with Crippen molar-refractivity contribution in [2.24, 2.45) is 0 Å². The number of amides is 1. The number of nitrogens with one attached hydrogen (secondary N) is 2. The van der Waals surface area contributed by atoms with Crippen LogP contribution in [0.25, 0.3) is 11.0 Å². The van der Waals surface area contributed by atoms with Gasteiger partial charge in [0.2, 0.25) is 5.55 Å². The number of fused-ring (bicyclic) bond motifs is 1. The van der Waals surface area contributed by atoms with Crippen molar-refractivity contribution in [3.8, 4) is 0 Å². The summed E-state index contributed by atoms with van der Waals surface area (Å²) >= 11 is 12.1. The molecule has 0 saturated carbocycles. The first-order valence-electron chi connectivity index (χ1n) is 8.57. The number of hydrogen-bond donors (Lipinski definition) is 2. The molecule has 0 aliphatic heterocycles. The molecule has 1 amide bonds. The third-order valence-corrected chi connectivity index (χ3v) is 5.15. The average molecular weight is 404 g/mol. The summed E-state index contributed by atoms with van der Waals surface area (Å²) in [7, 11) is 0. The molecule has 2 N–H and O–H groups in total. The second-order valence-electron chi connectivity index (χ2n) is 5.94. The molecule has 140 valence electrons. The van der Waals surface area contributed by atoms with Gasteiger partial charge >= 0.3 is 0 Å². The zero-order valence-electron chi connectivity index (χ0n) is 15.0. The van der Waals surface area contributed by atoms with Gasteiger partial charge in [-0.05, 0) is 44.2 Å². The van der Waals surface area contributed by atoms with Crippen molar-refractivity contribution in [3.63, 3.8) is 0 Å². The maximum Gasteiger partial charge on any atom is 0.261 e. The molecule has 3 aromatic rings. The third kappa shape index (κ3) is 3.94. The van der Waals surface area contributed by atoms with Crippen molar-refractivity contribution in [3.05, 3.63) is 63.6 Å². The molecule has 0 radical (unpaired) electrons. The van der Waals surface area contributed by atoms with Crippen molar-refractivity contribution < 1.29 is 9.21 Å². The van der Waals surface area contributed by atoms with Gasteiger partial charge in [-0.2, -0.15) is 0 Å². The Morgan fingerprint density at radius 2 is 1.89 bits per heavy atom. The van der Waals surface area contributed by atoms with Crippen molar-refractivity contribution in [2.75, 3.05) is 23.3 Å². The van der Waals surface area contributed by atoms with Crippen LogP contribution in [0.3, 0.4) is 0 Å². The Bertz CT molecular complexity index is 1060. The van der Waals surface area contributed by atoms with Crippen molar-refractivity contribution in [2.45, 2.75) is 13.8 Å². The van der Waals surface area contributed by atoms with Gasteiger partial charge in [0.15, 0.2) is 0 Å². The molecule has 27 heavy (non-hydrogen) atoms. The van der Waals surface area contributed by atoms with E-state index in [4.69, 9.17) is 33.0 Å². The van der Waals surface area contributed by atoms with E-state index in [1.165, 1.54) is 0 Å². The monoisotopic (exact) mass is 403 g/mol. The van der Waals surface area contributed by atoms with Gasteiger partial charge in [0, 0.05) is 30.2 Å². The lowest BCUT2D eigenvalue weighted by Crippen LogP contribution is -2.22. The van der Waals surface area contributed by atoms with Gasteiger partial charge in [0.1, 0.15) is 11.1 Å². The molecule has 0 saturated heterocycles. The molecule has 1 heterocycles. The molecule has 0 spiro atoms. The normalized spacial score (nSPS) is 10.8. The van der Waals surface area contributed by atoms with E-state index in [0.29, 0.717) is 16.3 Å². The number of carbonyl (C=O) groups is 1. The minimum atomic E-state index is -0.484. The largest absolute Gasteiger partial charge is 0.438 e. The van der Waals surface area contributed by atoms with E-state index < -0.39 is 5.91 Å². The lowest BCUT2D eigenvalue weighted by molar-refractivity contribution is 0.102. The summed E-state index contributed by atoms with van der Waals surface area (Å²) in [6.45, 7) is 5.90. The van der Waals surface area contributed by atoms with Gasteiger partial charge in [-0.1, -0.05) is 29.3 Å². The topological polar surface area (TPSA) is 69.3 Å². The van der Waals surface area contributed by atoms with Crippen LogP contribution in [0.2, 0.25) is 10.0 Å². The zero-order valence-corrected chi connectivity index (χ0v) is 16.5. The van der Waals surface area contributed by atoms with E-state index in [0.717, 1.165) is 24.2 Å². The molecule has 0 aliphatic carbocycles. The van der Waals surface area contributed by atoms with Crippen LogP contribution < -0.4 is 15.8 Å². The number of nitrogens with zero attached hydrogens (tertiary/aromatic N) is 1. The molecule has 1 aromatic heterocycles. The van der Waals surface area contributed by atoms with Crippen LogP contribution in [0.15, 0.2) is 46.9 Å². The average Bonchev–Trinajstić information content (AvgIpc) is 2.65. The van der Waals surface area contributed by atoms with E-state index in [2.05, 4.69) is 24.1 Å². The quantitative estimate of drug-likeness (QED) is 0.605. The molecular formula is C20H19Cl2N3O2. The van der Waals surface area contributed by atoms with E-state index >= 15 is 0 Å². The minimum Gasteiger partial charge on any atom is -0.438 e. The fourth-order valence-electron chi connectivity index (χ4n) is 2.86. The summed E-state index contributed by atoms with van der Waals surface area (Å²) in [5.41, 5.74) is 1.86. The standard InChI is InChI=1S/C20H19Cl2N3O2/c1-3-25(4-2)13-9-8-12-10-14(19(23)27-17(12)11-13)20(26)24-16-7-5-6-15(21)18(16)22/h5-11,23H,3-4H2,1-2H3,(H,24,26). The fraction of sp³-hybridized carbons (Fsp3) is 0.200. The van der Waals surface area contributed by atoms with Gasteiger partial charge < -0.3 is 14.6 Å². The molecular weight excluding hydrogens is 385 g/mol. The van der Waals surface area contributed by atoms with Crippen LogP contribution in [0, 0.1) is 5.41 Å². The highest BCUT2D eigenvalue weighted by Crippen LogP contribution is 2.30. The minimum absolute atomic E-state index is 0.120. The highest BCUT2D eigenvalue weighted by atomic mass is 35.5. The fourth-order valence-corrected chi connectivity index (χ4v) is 3.21. The van der Waals surface area contributed by atoms with Crippen LogP contribution in [-0.4, -0.2) is 19.0 Å². The Morgan fingerprint density at radius 3 is 2.59 bits per heavy atom. The molecule has 3 rings (SSSR count). The number of halogens is 2. The molecule has 5 nitrogen and oxygen atoms in total. The Balaban J connectivity index is 1.96. The molecule has 7 heteroatoms. The van der Waals surface area contributed by atoms with Gasteiger partial charge in [-0.3, -0.25) is 10.2 Å².